The average Bonchev–Trinajstić information content (AvgIpc) is 4.06. The largest absolute Gasteiger partial charge is 0.494 e. The van der Waals surface area contributed by atoms with E-state index in [0.29, 0.717) is 111 Å². The minimum Gasteiger partial charge on any atom is -0.494 e. The van der Waals surface area contributed by atoms with Crippen LogP contribution in [-0.2, 0) is 32.3 Å². The number of rotatable bonds is 18. The van der Waals surface area contributed by atoms with Crippen LogP contribution in [0.2, 0.25) is 15.1 Å². The van der Waals surface area contributed by atoms with Crippen LogP contribution in [0.1, 0.15) is 98.8 Å². The van der Waals surface area contributed by atoms with Crippen LogP contribution >= 0.6 is 57.5 Å². The van der Waals surface area contributed by atoms with Crippen molar-refractivity contribution < 1.29 is 47.1 Å². The van der Waals surface area contributed by atoms with Crippen molar-refractivity contribution >= 4 is 101 Å². The Morgan fingerprint density at radius 2 is 1.08 bits per heavy atom. The van der Waals surface area contributed by atoms with Crippen molar-refractivity contribution in [2.75, 3.05) is 37.1 Å². The molecule has 4 aromatic heterocycles. The van der Waals surface area contributed by atoms with Crippen LogP contribution in [0, 0.1) is 18.8 Å². The molecular weight excluding hydrogens is 1110 g/mol. The summed E-state index contributed by atoms with van der Waals surface area (Å²) < 4.78 is 47.8. The number of thiazole rings is 2. The zero-order valence-corrected chi connectivity index (χ0v) is 46.6. The highest BCUT2D eigenvalue weighted by Crippen LogP contribution is 2.51. The lowest BCUT2D eigenvalue weighted by atomic mass is 10.00. The van der Waals surface area contributed by atoms with E-state index in [2.05, 4.69) is 33.1 Å². The second-order valence-electron chi connectivity index (χ2n) is 21.0. The Morgan fingerprint density at radius 1 is 0.633 bits per heavy atom. The summed E-state index contributed by atoms with van der Waals surface area (Å²) in [7, 11) is 3.19. The summed E-state index contributed by atoms with van der Waals surface area (Å²) in [5.41, 5.74) is 7.75. The Bertz CT molecular complexity index is 3320. The van der Waals surface area contributed by atoms with Gasteiger partial charge in [0.2, 0.25) is 0 Å². The molecule has 0 unspecified atom stereocenters. The molecule has 2 aliphatic heterocycles. The number of fused-ring (bicyclic) bond motifs is 6. The maximum atomic E-state index is 10.8. The van der Waals surface area contributed by atoms with Crippen molar-refractivity contribution in [3.63, 3.8) is 0 Å². The molecular formula is C58H57Cl3N6O10S2. The van der Waals surface area contributed by atoms with Crippen molar-refractivity contribution in [2.45, 2.75) is 115 Å². The highest BCUT2D eigenvalue weighted by atomic mass is 35.5. The van der Waals surface area contributed by atoms with E-state index in [1.807, 2.05) is 42.5 Å². The summed E-state index contributed by atoms with van der Waals surface area (Å²) in [5, 5.41) is 12.5. The summed E-state index contributed by atoms with van der Waals surface area (Å²) in [5.74, 6) is 5.56. The third-order valence-electron chi connectivity index (χ3n) is 16.2. The number of anilines is 2. The fourth-order valence-corrected chi connectivity index (χ4v) is 15.2. The molecule has 4 saturated carbocycles. The SMILES string of the molecule is C.COc1cc(OC=O)cc2sc(N3C[C@@H]4C[C@H]3C[C@H]4OCc3c(-c4c(Cl)cccc4Cl)noc3C3CC3)nc12.COc1cc(OC=O)cc2sc(N3C[C@H]4C[C@@H]3C[C@@H]4OCc3c(-c4c(C)cccc4Cl)noc3C3CC3)nc12. The van der Waals surface area contributed by atoms with Gasteiger partial charge in [-0.1, -0.05) is 93.4 Å². The molecule has 79 heavy (non-hydrogen) atoms. The monoisotopic (exact) mass is 1170 g/mol. The summed E-state index contributed by atoms with van der Waals surface area (Å²) >= 11 is 22.8. The smallest absolute Gasteiger partial charge is 0.298 e. The van der Waals surface area contributed by atoms with Gasteiger partial charge in [0.25, 0.3) is 12.9 Å². The van der Waals surface area contributed by atoms with Crippen LogP contribution in [0.15, 0.2) is 69.7 Å². The number of carbonyl (C=O) groups excluding carboxylic acids is 2. The van der Waals surface area contributed by atoms with Gasteiger partial charge in [-0.15, -0.1) is 0 Å². The van der Waals surface area contributed by atoms with Crippen LogP contribution < -0.4 is 28.7 Å². The van der Waals surface area contributed by atoms with Gasteiger partial charge in [0, 0.05) is 95.4 Å². The summed E-state index contributed by atoms with van der Waals surface area (Å²) in [6.45, 7) is 5.55. The van der Waals surface area contributed by atoms with Gasteiger partial charge in [-0.2, -0.15) is 0 Å². The van der Waals surface area contributed by atoms with Crippen LogP contribution in [0.5, 0.6) is 23.0 Å². The number of methoxy groups -OCH3 is 2. The van der Waals surface area contributed by atoms with E-state index < -0.39 is 0 Å². The van der Waals surface area contributed by atoms with Gasteiger partial charge in [0.15, 0.2) is 10.3 Å². The first kappa shape index (κ1) is 53.6. The van der Waals surface area contributed by atoms with E-state index in [-0.39, 0.29) is 19.6 Å². The fourth-order valence-electron chi connectivity index (χ4n) is 12.1. The number of carbonyl (C=O) groups is 2. The fraction of sp³-hybridized carbons (Fsp3) is 0.414. The molecule has 0 spiro atoms. The molecule has 6 fully saturated rings. The lowest BCUT2D eigenvalue weighted by molar-refractivity contribution is -0.121. The van der Waals surface area contributed by atoms with E-state index in [1.165, 1.54) is 0 Å². The number of ether oxygens (including phenoxy) is 6. The molecule has 21 heteroatoms. The minimum atomic E-state index is 0. The van der Waals surface area contributed by atoms with Gasteiger partial charge in [-0.25, -0.2) is 9.97 Å². The number of halogens is 3. The molecule has 16 nitrogen and oxygen atoms in total. The van der Waals surface area contributed by atoms with Crippen molar-refractivity contribution in [3.05, 3.63) is 104 Å². The normalized spacial score (nSPS) is 21.8. The molecule has 8 aromatic rings. The van der Waals surface area contributed by atoms with Crippen molar-refractivity contribution in [3.8, 4) is 45.5 Å². The highest BCUT2D eigenvalue weighted by molar-refractivity contribution is 7.22. The van der Waals surface area contributed by atoms with Crippen LogP contribution in [0.4, 0.5) is 10.3 Å². The zero-order chi connectivity index (χ0) is 53.3. The molecule has 0 N–H and O–H groups in total. The van der Waals surface area contributed by atoms with Crippen LogP contribution in [0.3, 0.4) is 0 Å². The maximum Gasteiger partial charge on any atom is 0.298 e. The lowest BCUT2D eigenvalue weighted by Gasteiger charge is -2.31. The predicted octanol–water partition coefficient (Wildman–Crippen LogP) is 14.0. The number of aryl methyl sites for hydroxylation is 1. The molecule has 4 bridgehead atoms. The minimum absolute atomic E-state index is 0. The van der Waals surface area contributed by atoms with Gasteiger partial charge < -0.3 is 47.3 Å². The van der Waals surface area contributed by atoms with Gasteiger partial charge in [-0.3, -0.25) is 9.59 Å². The molecule has 0 amide bonds. The van der Waals surface area contributed by atoms with E-state index in [1.54, 1.807) is 49.0 Å². The van der Waals surface area contributed by atoms with Crippen LogP contribution in [0.25, 0.3) is 42.9 Å². The third-order valence-corrected chi connectivity index (χ3v) is 19.2. The highest BCUT2D eigenvalue weighted by Gasteiger charge is 2.48. The number of aromatic nitrogens is 4. The Morgan fingerprint density at radius 3 is 1.48 bits per heavy atom. The number of benzene rings is 4. The number of hydrogen-bond acceptors (Lipinski definition) is 18. The molecule has 4 aromatic carbocycles. The van der Waals surface area contributed by atoms with Crippen molar-refractivity contribution in [2.24, 2.45) is 11.8 Å². The molecule has 4 aliphatic carbocycles. The predicted molar refractivity (Wildman–Crippen MR) is 305 cm³/mol. The molecule has 2 saturated heterocycles. The van der Waals surface area contributed by atoms with Crippen molar-refractivity contribution in [1.82, 2.24) is 20.3 Å². The lowest BCUT2D eigenvalue weighted by Crippen LogP contribution is -2.38. The topological polar surface area (TPSA) is 174 Å². The first-order chi connectivity index (χ1) is 38.1. The van der Waals surface area contributed by atoms with Gasteiger partial charge in [0.1, 0.15) is 56.9 Å². The second-order valence-corrected chi connectivity index (χ2v) is 24.2. The Hall–Kier alpha value is -5.99. The molecule has 6 heterocycles. The van der Waals surface area contributed by atoms with E-state index in [4.69, 9.17) is 82.2 Å². The van der Waals surface area contributed by atoms with E-state index in [9.17, 15) is 9.59 Å². The quantitative estimate of drug-likeness (QED) is 0.0742. The Balaban J connectivity index is 0.000000156. The van der Waals surface area contributed by atoms with Crippen molar-refractivity contribution in [1.29, 1.82) is 0 Å². The third kappa shape index (κ3) is 10.2. The van der Waals surface area contributed by atoms with Gasteiger partial charge >= 0.3 is 0 Å². The van der Waals surface area contributed by atoms with E-state index >= 15 is 0 Å². The van der Waals surface area contributed by atoms with E-state index in [0.717, 1.165) is 135 Å². The summed E-state index contributed by atoms with van der Waals surface area (Å²) in [6, 6.07) is 19.1. The average molecular weight is 1170 g/mol. The van der Waals surface area contributed by atoms with Gasteiger partial charge in [-0.05, 0) is 82.1 Å². The Labute approximate surface area is 479 Å². The molecule has 0 radical (unpaired) electrons. The molecule has 6 atom stereocenters. The second kappa shape index (κ2) is 22.2. The molecule has 412 valence electrons. The standard InChI is InChI=1S/C29H28ClN3O5S.C28H25Cl2N3O5S.CH4/c1-15-4-3-5-21(30)25(15)26-20(28(38-32-26)16-6-7-16)13-36-22-9-18-8-17(22)12-33(18)29-31-27-23(35-2)10-19(37-14-34)11-24(27)39-29;1-35-22-9-17(37-13-34)10-23-26(22)31-28(39-23)33-11-15-7-16(33)8-21(15)36-12-18-25(32-38-27(18)14-5-6-14)24-19(29)3-2-4-20(24)30;/h3-5,10-11,14,16-18,22H,6-9,12-13H2,1-2H3;2-4,9-10,13-16,21H,5-8,11-12H2,1H3;1H4/t17-,18-,22+;15-,16-,21+;/m10./s1. The Kier molecular flexibility index (Phi) is 15.0. The molecule has 6 aliphatic rings. The van der Waals surface area contributed by atoms with Crippen LogP contribution in [-0.4, -0.2) is 84.8 Å². The first-order valence-electron chi connectivity index (χ1n) is 26.2. The number of nitrogens with zero attached hydrogens (tertiary/aromatic N) is 6. The maximum absolute atomic E-state index is 10.8. The number of hydrogen-bond donors (Lipinski definition) is 0. The molecule has 14 rings (SSSR count). The van der Waals surface area contributed by atoms with Gasteiger partial charge in [0.05, 0.1) is 64.1 Å². The number of piperidine rings is 2. The summed E-state index contributed by atoms with van der Waals surface area (Å²) in [6.07, 6.45) is 8.75. The summed E-state index contributed by atoms with van der Waals surface area (Å²) in [4.78, 5) is 36.2. The first-order valence-corrected chi connectivity index (χ1v) is 29.0. The zero-order valence-electron chi connectivity index (χ0n) is 42.7.